The molecule has 1 amide bonds. The summed E-state index contributed by atoms with van der Waals surface area (Å²) in [6, 6.07) is 9.70. The largest absolute Gasteiger partial charge is 0.444 e. The van der Waals surface area contributed by atoms with Crippen molar-refractivity contribution in [3.05, 3.63) is 35.4 Å². The molecule has 1 aromatic rings. The first-order valence-electron chi connectivity index (χ1n) is 6.88. The second kappa shape index (κ2) is 5.54. The molecule has 4 heteroatoms. The van der Waals surface area contributed by atoms with E-state index in [0.717, 1.165) is 18.4 Å². The quantitative estimate of drug-likeness (QED) is 0.846. The van der Waals surface area contributed by atoms with Gasteiger partial charge in [0, 0.05) is 12.6 Å². The molecule has 0 aliphatic heterocycles. The fourth-order valence-electron chi connectivity index (χ4n) is 1.93. The van der Waals surface area contributed by atoms with Gasteiger partial charge in [-0.15, -0.1) is 0 Å². The third-order valence-corrected chi connectivity index (χ3v) is 3.05. The van der Waals surface area contributed by atoms with Gasteiger partial charge < -0.3 is 9.64 Å². The third-order valence-electron chi connectivity index (χ3n) is 3.05. The van der Waals surface area contributed by atoms with Gasteiger partial charge in [0.25, 0.3) is 0 Å². The molecule has 0 radical (unpaired) electrons. The fourth-order valence-corrected chi connectivity index (χ4v) is 1.93. The van der Waals surface area contributed by atoms with Crippen molar-refractivity contribution in [1.82, 2.24) is 4.90 Å². The lowest BCUT2D eigenvalue weighted by Gasteiger charge is -2.27. The Hall–Kier alpha value is -2.02. The lowest BCUT2D eigenvalue weighted by Crippen LogP contribution is -2.37. The second-order valence-electron chi connectivity index (χ2n) is 6.15. The monoisotopic (exact) mass is 272 g/mol. The topological polar surface area (TPSA) is 53.3 Å². The van der Waals surface area contributed by atoms with Gasteiger partial charge in [-0.2, -0.15) is 5.26 Å². The summed E-state index contributed by atoms with van der Waals surface area (Å²) in [6.45, 7) is 6.15. The van der Waals surface area contributed by atoms with Crippen LogP contribution in [0.3, 0.4) is 0 Å². The number of nitriles is 1. The molecule has 0 atom stereocenters. The van der Waals surface area contributed by atoms with Crippen molar-refractivity contribution in [2.45, 2.75) is 51.8 Å². The Morgan fingerprint density at radius 3 is 2.40 bits per heavy atom. The van der Waals surface area contributed by atoms with Gasteiger partial charge in [-0.25, -0.2) is 4.79 Å². The van der Waals surface area contributed by atoms with Crippen molar-refractivity contribution in [1.29, 1.82) is 5.26 Å². The first-order chi connectivity index (χ1) is 9.39. The molecule has 1 aliphatic rings. The van der Waals surface area contributed by atoms with Crippen LogP contribution in [0.4, 0.5) is 4.79 Å². The summed E-state index contributed by atoms with van der Waals surface area (Å²) < 4.78 is 5.45. The Morgan fingerprint density at radius 1 is 1.35 bits per heavy atom. The summed E-state index contributed by atoms with van der Waals surface area (Å²) >= 11 is 0. The lowest BCUT2D eigenvalue weighted by molar-refractivity contribution is 0.0216. The van der Waals surface area contributed by atoms with E-state index < -0.39 is 5.60 Å². The molecule has 0 spiro atoms. The zero-order chi connectivity index (χ0) is 14.8. The molecule has 0 bridgehead atoms. The number of amides is 1. The van der Waals surface area contributed by atoms with Crippen LogP contribution in [0.25, 0.3) is 0 Å². The van der Waals surface area contributed by atoms with E-state index in [1.165, 1.54) is 0 Å². The molecule has 0 N–H and O–H groups in total. The van der Waals surface area contributed by atoms with Crippen LogP contribution in [0.1, 0.15) is 44.7 Å². The molecular weight excluding hydrogens is 252 g/mol. The van der Waals surface area contributed by atoms with Crippen LogP contribution in [-0.2, 0) is 11.3 Å². The Morgan fingerprint density at radius 2 is 1.95 bits per heavy atom. The average Bonchev–Trinajstić information content (AvgIpc) is 3.18. The smallest absolute Gasteiger partial charge is 0.410 e. The Balaban J connectivity index is 2.05. The minimum absolute atomic E-state index is 0.260. The van der Waals surface area contributed by atoms with Crippen LogP contribution >= 0.6 is 0 Å². The van der Waals surface area contributed by atoms with E-state index in [-0.39, 0.29) is 6.09 Å². The van der Waals surface area contributed by atoms with Gasteiger partial charge in [-0.1, -0.05) is 12.1 Å². The minimum atomic E-state index is -0.477. The maximum atomic E-state index is 12.2. The van der Waals surface area contributed by atoms with Crippen LogP contribution in [0.2, 0.25) is 0 Å². The third kappa shape index (κ3) is 3.99. The SMILES string of the molecule is CC(C)(C)OC(=O)N(Cc1ccc(C#N)cc1)C1CC1. The minimum Gasteiger partial charge on any atom is -0.444 e. The van der Waals surface area contributed by atoms with Crippen molar-refractivity contribution in [2.24, 2.45) is 0 Å². The molecule has 0 heterocycles. The fraction of sp³-hybridized carbons (Fsp3) is 0.500. The highest BCUT2D eigenvalue weighted by Crippen LogP contribution is 2.29. The highest BCUT2D eigenvalue weighted by molar-refractivity contribution is 5.69. The van der Waals surface area contributed by atoms with Gasteiger partial charge in [0.2, 0.25) is 0 Å². The number of hydrogen-bond donors (Lipinski definition) is 0. The number of rotatable bonds is 3. The van der Waals surface area contributed by atoms with Crippen molar-refractivity contribution >= 4 is 6.09 Å². The zero-order valence-electron chi connectivity index (χ0n) is 12.2. The van der Waals surface area contributed by atoms with Crippen molar-refractivity contribution in [3.63, 3.8) is 0 Å². The van der Waals surface area contributed by atoms with E-state index in [0.29, 0.717) is 18.2 Å². The van der Waals surface area contributed by atoms with E-state index >= 15 is 0 Å². The van der Waals surface area contributed by atoms with E-state index in [1.54, 1.807) is 17.0 Å². The van der Waals surface area contributed by atoms with Gasteiger partial charge in [0.15, 0.2) is 0 Å². The van der Waals surface area contributed by atoms with Crippen LogP contribution in [0.5, 0.6) is 0 Å². The van der Waals surface area contributed by atoms with E-state index in [2.05, 4.69) is 6.07 Å². The number of ether oxygens (including phenoxy) is 1. The number of carbonyl (C=O) groups is 1. The summed E-state index contributed by atoms with van der Waals surface area (Å²) in [5.74, 6) is 0. The molecule has 1 aliphatic carbocycles. The van der Waals surface area contributed by atoms with E-state index in [1.807, 2.05) is 32.9 Å². The molecule has 1 aromatic carbocycles. The predicted octanol–water partition coefficient (Wildman–Crippen LogP) is 3.46. The van der Waals surface area contributed by atoms with Crippen LogP contribution in [-0.4, -0.2) is 22.6 Å². The Kier molecular flexibility index (Phi) is 3.99. The number of benzene rings is 1. The predicted molar refractivity (Wildman–Crippen MR) is 76.0 cm³/mol. The molecule has 20 heavy (non-hydrogen) atoms. The second-order valence-corrected chi connectivity index (χ2v) is 6.15. The van der Waals surface area contributed by atoms with E-state index in [9.17, 15) is 4.79 Å². The molecule has 0 saturated heterocycles. The van der Waals surface area contributed by atoms with Crippen LogP contribution in [0, 0.1) is 11.3 Å². The molecule has 0 aromatic heterocycles. The maximum absolute atomic E-state index is 12.2. The van der Waals surface area contributed by atoms with E-state index in [4.69, 9.17) is 10.00 Å². The van der Waals surface area contributed by atoms with Crippen LogP contribution in [0.15, 0.2) is 24.3 Å². The molecule has 1 fully saturated rings. The first-order valence-corrected chi connectivity index (χ1v) is 6.88. The van der Waals surface area contributed by atoms with Crippen LogP contribution < -0.4 is 0 Å². The van der Waals surface area contributed by atoms with Crippen molar-refractivity contribution in [2.75, 3.05) is 0 Å². The zero-order valence-corrected chi connectivity index (χ0v) is 12.2. The van der Waals surface area contributed by atoms with Gasteiger partial charge in [-0.3, -0.25) is 0 Å². The molecular formula is C16H20N2O2. The van der Waals surface area contributed by atoms with Gasteiger partial charge in [-0.05, 0) is 51.3 Å². The van der Waals surface area contributed by atoms with Gasteiger partial charge in [0.1, 0.15) is 5.60 Å². The highest BCUT2D eigenvalue weighted by Gasteiger charge is 2.35. The van der Waals surface area contributed by atoms with Gasteiger partial charge >= 0.3 is 6.09 Å². The normalized spacial score (nSPS) is 14.5. The summed E-state index contributed by atoms with van der Waals surface area (Å²) in [4.78, 5) is 14.0. The first kappa shape index (κ1) is 14.4. The number of carbonyl (C=O) groups excluding carboxylic acids is 1. The van der Waals surface area contributed by atoms with Crippen molar-refractivity contribution in [3.8, 4) is 6.07 Å². The highest BCUT2D eigenvalue weighted by atomic mass is 16.6. The molecule has 2 rings (SSSR count). The lowest BCUT2D eigenvalue weighted by atomic mass is 10.1. The Labute approximate surface area is 120 Å². The van der Waals surface area contributed by atoms with Crippen molar-refractivity contribution < 1.29 is 9.53 Å². The summed E-state index contributed by atoms with van der Waals surface area (Å²) in [5.41, 5.74) is 1.17. The summed E-state index contributed by atoms with van der Waals surface area (Å²) in [7, 11) is 0. The average molecular weight is 272 g/mol. The number of hydrogen-bond acceptors (Lipinski definition) is 3. The molecule has 4 nitrogen and oxygen atoms in total. The molecule has 1 saturated carbocycles. The van der Waals surface area contributed by atoms with Gasteiger partial charge in [0.05, 0.1) is 11.6 Å². The number of nitrogens with zero attached hydrogens (tertiary/aromatic N) is 2. The Bertz CT molecular complexity index is 519. The standard InChI is InChI=1S/C16H20N2O2/c1-16(2,3)20-15(19)18(14-8-9-14)11-13-6-4-12(10-17)5-7-13/h4-7,14H,8-9,11H2,1-3H3. The molecule has 106 valence electrons. The summed E-state index contributed by atoms with van der Waals surface area (Å²) in [5, 5.41) is 8.79. The summed E-state index contributed by atoms with van der Waals surface area (Å²) in [6.07, 6.45) is 1.81. The maximum Gasteiger partial charge on any atom is 0.410 e. The molecule has 0 unspecified atom stereocenters.